The van der Waals surface area contributed by atoms with E-state index in [1.807, 2.05) is 19.1 Å². The second kappa shape index (κ2) is 12.4. The van der Waals surface area contributed by atoms with Crippen LogP contribution in [0.4, 0.5) is 23.1 Å². The first-order chi connectivity index (χ1) is 18.5. The summed E-state index contributed by atoms with van der Waals surface area (Å²) in [6.07, 6.45) is 3.27. The number of aromatic nitrogens is 2. The van der Waals surface area contributed by atoms with Gasteiger partial charge in [-0.25, -0.2) is 9.19 Å². The predicted octanol–water partition coefficient (Wildman–Crippen LogP) is 5.83. The average molecular weight is 605 g/mol. The van der Waals surface area contributed by atoms with E-state index < -0.39 is 20.5 Å². The normalized spacial score (nSPS) is 14.2. The van der Waals surface area contributed by atoms with Gasteiger partial charge in [-0.05, 0) is 76.4 Å². The second-order valence-electron chi connectivity index (χ2n) is 8.84. The van der Waals surface area contributed by atoms with E-state index in [0.29, 0.717) is 37.8 Å². The van der Waals surface area contributed by atoms with Gasteiger partial charge in [0, 0.05) is 40.3 Å². The molecule has 39 heavy (non-hydrogen) atoms. The monoisotopic (exact) mass is 603 g/mol. The van der Waals surface area contributed by atoms with Gasteiger partial charge in [0.2, 0.25) is 5.95 Å². The van der Waals surface area contributed by atoms with Gasteiger partial charge in [-0.3, -0.25) is 4.21 Å². The van der Waals surface area contributed by atoms with Crippen molar-refractivity contribution in [2.75, 3.05) is 28.2 Å². The number of benzene rings is 3. The second-order valence-corrected chi connectivity index (χ2v) is 13.3. The zero-order valence-corrected chi connectivity index (χ0v) is 24.3. The van der Waals surface area contributed by atoms with E-state index in [1.54, 1.807) is 67.0 Å². The lowest BCUT2D eigenvalue weighted by molar-refractivity contribution is 0.281. The minimum Gasteiger partial charge on any atom is -0.394 e. The topological polar surface area (TPSA) is 116 Å². The van der Waals surface area contributed by atoms with E-state index in [2.05, 4.69) is 31.2 Å². The van der Waals surface area contributed by atoms with Crippen molar-refractivity contribution in [3.8, 4) is 11.1 Å². The largest absolute Gasteiger partial charge is 0.394 e. The highest BCUT2D eigenvalue weighted by molar-refractivity contribution is 7.99. The van der Waals surface area contributed by atoms with Crippen LogP contribution in [0.15, 0.2) is 82.7 Å². The van der Waals surface area contributed by atoms with Crippen LogP contribution in [0.1, 0.15) is 6.92 Å². The smallest absolute Gasteiger partial charge is 0.229 e. The van der Waals surface area contributed by atoms with E-state index in [0.717, 1.165) is 11.3 Å². The van der Waals surface area contributed by atoms with Gasteiger partial charge >= 0.3 is 0 Å². The highest BCUT2D eigenvalue weighted by Crippen LogP contribution is 2.31. The summed E-state index contributed by atoms with van der Waals surface area (Å²) in [5.74, 6) is 4.57. The maximum absolute atomic E-state index is 12.8. The maximum Gasteiger partial charge on any atom is 0.229 e. The molecule has 3 aromatic carbocycles. The number of hydrogen-bond donors (Lipinski definition) is 4. The standard InChI is InChI=1S/C27H27Cl2N5O3S2/c1-17(16-35)31-26-22(15-30-27(33-26)32-19-11-13-21(14-12-19)39(2,3)37)18-7-9-20(10-8-18)34-38(36)24-6-4-5-23(28)25(24)29/h4-15,17,34-35H,2,16H2,1,3H3,(H2,30,31,32,33)/t17-,38?,39?/m1/s1. The average Bonchev–Trinajstić information content (AvgIpc) is 2.90. The number of aliphatic hydroxyl groups is 1. The molecule has 0 aliphatic heterocycles. The van der Waals surface area contributed by atoms with Crippen molar-refractivity contribution >= 4 is 72.7 Å². The Hall–Kier alpha value is -3.15. The van der Waals surface area contributed by atoms with E-state index in [4.69, 9.17) is 23.2 Å². The van der Waals surface area contributed by atoms with Crippen molar-refractivity contribution in [2.45, 2.75) is 22.8 Å². The first-order valence-corrected chi connectivity index (χ1v) is 15.8. The molecule has 12 heteroatoms. The summed E-state index contributed by atoms with van der Waals surface area (Å²) in [7, 11) is -3.91. The van der Waals surface area contributed by atoms with Crippen LogP contribution in [-0.4, -0.2) is 48.3 Å². The summed E-state index contributed by atoms with van der Waals surface area (Å²) in [4.78, 5) is 10.1. The molecule has 1 aromatic heterocycles. The molecule has 0 amide bonds. The third-order valence-corrected chi connectivity index (χ3v) is 8.94. The van der Waals surface area contributed by atoms with Gasteiger partial charge in [0.05, 0.1) is 21.5 Å². The van der Waals surface area contributed by atoms with Gasteiger partial charge in [0.1, 0.15) is 5.82 Å². The number of rotatable bonds is 10. The molecule has 0 aliphatic rings. The first-order valence-electron chi connectivity index (χ1n) is 11.7. The minimum atomic E-state index is -2.30. The molecule has 4 N–H and O–H groups in total. The number of halogens is 2. The van der Waals surface area contributed by atoms with Crippen molar-refractivity contribution in [3.63, 3.8) is 0 Å². The quantitative estimate of drug-likeness (QED) is 0.169. The zero-order valence-electron chi connectivity index (χ0n) is 21.2. The van der Waals surface area contributed by atoms with Gasteiger partial charge in [0.15, 0.2) is 11.0 Å². The van der Waals surface area contributed by atoms with Crippen molar-refractivity contribution in [1.29, 1.82) is 0 Å². The minimum absolute atomic E-state index is 0.0875. The van der Waals surface area contributed by atoms with Gasteiger partial charge in [-0.1, -0.05) is 41.4 Å². The highest BCUT2D eigenvalue weighted by Gasteiger charge is 2.14. The number of aliphatic hydroxyl groups excluding tert-OH is 1. The fraction of sp³-hybridized carbons (Fsp3) is 0.148. The lowest BCUT2D eigenvalue weighted by Gasteiger charge is -2.17. The van der Waals surface area contributed by atoms with Crippen LogP contribution in [0.5, 0.6) is 0 Å². The summed E-state index contributed by atoms with van der Waals surface area (Å²) in [5.41, 5.74) is 2.86. The lowest BCUT2D eigenvalue weighted by atomic mass is 10.1. The van der Waals surface area contributed by atoms with Crippen LogP contribution in [0, 0.1) is 0 Å². The molecular formula is C27H27Cl2N5O3S2. The molecule has 0 saturated heterocycles. The molecule has 0 radical (unpaired) electrons. The Morgan fingerprint density at radius 2 is 1.72 bits per heavy atom. The van der Waals surface area contributed by atoms with Crippen molar-refractivity contribution in [1.82, 2.24) is 9.97 Å². The molecule has 0 saturated carbocycles. The van der Waals surface area contributed by atoms with Crippen LogP contribution in [0.2, 0.25) is 10.0 Å². The molecular weight excluding hydrogens is 577 g/mol. The molecule has 204 valence electrons. The van der Waals surface area contributed by atoms with Crippen LogP contribution in [0.3, 0.4) is 0 Å². The molecule has 2 unspecified atom stereocenters. The fourth-order valence-electron chi connectivity index (χ4n) is 3.50. The van der Waals surface area contributed by atoms with Gasteiger partial charge in [0.25, 0.3) is 0 Å². The zero-order chi connectivity index (χ0) is 28.2. The summed E-state index contributed by atoms with van der Waals surface area (Å²) < 4.78 is 27.9. The Kier molecular flexibility index (Phi) is 9.14. The molecule has 0 aliphatic carbocycles. The predicted molar refractivity (Wildman–Crippen MR) is 163 cm³/mol. The third kappa shape index (κ3) is 7.28. The molecule has 4 aromatic rings. The highest BCUT2D eigenvalue weighted by atomic mass is 35.5. The Morgan fingerprint density at radius 3 is 2.36 bits per heavy atom. The fourth-order valence-corrected chi connectivity index (χ4v) is 5.72. The SMILES string of the molecule is C=S(C)(=O)c1ccc(Nc2ncc(-c3ccc(NS(=O)c4cccc(Cl)c4Cl)cc3)c(N[C@H](C)CO)n2)cc1. The van der Waals surface area contributed by atoms with E-state index in [-0.39, 0.29) is 17.7 Å². The van der Waals surface area contributed by atoms with Crippen LogP contribution < -0.4 is 15.4 Å². The van der Waals surface area contributed by atoms with E-state index >= 15 is 0 Å². The molecule has 3 atom stereocenters. The van der Waals surface area contributed by atoms with Gasteiger partial charge in [-0.15, -0.1) is 0 Å². The maximum atomic E-state index is 12.8. The van der Waals surface area contributed by atoms with Gasteiger partial charge < -0.3 is 20.5 Å². The Balaban J connectivity index is 1.56. The first kappa shape index (κ1) is 28.8. The summed E-state index contributed by atoms with van der Waals surface area (Å²) in [6, 6.07) is 19.1. The Labute approximate surface area is 240 Å². The molecule has 0 fully saturated rings. The van der Waals surface area contributed by atoms with Crippen molar-refractivity contribution in [3.05, 3.63) is 83.0 Å². The number of nitrogens with one attached hydrogen (secondary N) is 3. The molecule has 4 rings (SSSR count). The van der Waals surface area contributed by atoms with Crippen molar-refractivity contribution in [2.24, 2.45) is 0 Å². The lowest BCUT2D eigenvalue weighted by Crippen LogP contribution is -2.21. The number of anilines is 4. The summed E-state index contributed by atoms with van der Waals surface area (Å²) >= 11 is 12.2. The Morgan fingerprint density at radius 1 is 1.05 bits per heavy atom. The third-order valence-electron chi connectivity index (χ3n) is 5.58. The summed E-state index contributed by atoms with van der Waals surface area (Å²) in [5, 5.41) is 16.5. The number of hydrogen-bond acceptors (Lipinski definition) is 7. The molecule has 1 heterocycles. The van der Waals surface area contributed by atoms with Gasteiger partial charge in [-0.2, -0.15) is 4.98 Å². The molecule has 0 spiro atoms. The molecule has 0 bridgehead atoms. The van der Waals surface area contributed by atoms with E-state index in [1.165, 1.54) is 0 Å². The summed E-state index contributed by atoms with van der Waals surface area (Å²) in [6.45, 7) is 1.75. The van der Waals surface area contributed by atoms with E-state index in [9.17, 15) is 13.5 Å². The van der Waals surface area contributed by atoms with Crippen molar-refractivity contribution < 1.29 is 13.5 Å². The number of nitrogens with zero attached hydrogens (tertiary/aromatic N) is 2. The Bertz CT molecular complexity index is 1600. The molecule has 8 nitrogen and oxygen atoms in total. The van der Waals surface area contributed by atoms with Crippen LogP contribution >= 0.6 is 23.2 Å². The van der Waals surface area contributed by atoms with Crippen LogP contribution in [0.25, 0.3) is 11.1 Å². The van der Waals surface area contributed by atoms with Crippen LogP contribution in [-0.2, 0) is 20.5 Å².